The second kappa shape index (κ2) is 5.44. The minimum atomic E-state index is -0.128. The molecule has 2 N–H and O–H groups in total. The van der Waals surface area contributed by atoms with Crippen LogP contribution in [0.5, 0.6) is 5.75 Å². The number of pyridine rings is 1. The number of aromatic hydroxyl groups is 1. The predicted octanol–water partition coefficient (Wildman–Crippen LogP) is 2.64. The summed E-state index contributed by atoms with van der Waals surface area (Å²) < 4.78 is 0. The largest absolute Gasteiger partial charge is 0.508 e. The van der Waals surface area contributed by atoms with Gasteiger partial charge in [-0.15, -0.1) is 0 Å². The van der Waals surface area contributed by atoms with Gasteiger partial charge in [0, 0.05) is 25.0 Å². The van der Waals surface area contributed by atoms with Gasteiger partial charge in [0.1, 0.15) is 11.6 Å². The van der Waals surface area contributed by atoms with E-state index in [1.807, 2.05) is 0 Å². The van der Waals surface area contributed by atoms with E-state index in [-0.39, 0.29) is 11.7 Å². The third-order valence-corrected chi connectivity index (χ3v) is 3.50. The maximum atomic E-state index is 12.6. The van der Waals surface area contributed by atoms with E-state index in [1.54, 1.807) is 54.5 Å². The number of phenolic OH excluding ortho intramolecular Hbond substituents is 1. The standard InChI is InChI=1S/C16H17N3O2/c1-19(12-6-8-13(20)9-7-12)16(21)14-3-2-10-17-15(14)18-11-4-5-11/h2-3,6-11,20H,4-5H2,1H3,(H,17,18). The van der Waals surface area contributed by atoms with Gasteiger partial charge >= 0.3 is 0 Å². The third kappa shape index (κ3) is 2.97. The molecule has 1 saturated carbocycles. The van der Waals surface area contributed by atoms with Crippen LogP contribution < -0.4 is 10.2 Å². The number of hydrogen-bond donors (Lipinski definition) is 2. The molecule has 0 atom stereocenters. The van der Waals surface area contributed by atoms with Crippen LogP contribution in [0.2, 0.25) is 0 Å². The van der Waals surface area contributed by atoms with E-state index in [4.69, 9.17) is 0 Å². The number of carbonyl (C=O) groups is 1. The van der Waals surface area contributed by atoms with Crippen LogP contribution in [0.3, 0.4) is 0 Å². The van der Waals surface area contributed by atoms with Crippen LogP contribution in [-0.2, 0) is 0 Å². The fourth-order valence-corrected chi connectivity index (χ4v) is 2.09. The van der Waals surface area contributed by atoms with Crippen LogP contribution in [0.1, 0.15) is 23.2 Å². The zero-order valence-electron chi connectivity index (χ0n) is 11.8. The highest BCUT2D eigenvalue weighted by Gasteiger charge is 2.25. The molecule has 0 bridgehead atoms. The molecule has 3 rings (SSSR count). The summed E-state index contributed by atoms with van der Waals surface area (Å²) in [6.45, 7) is 0. The molecule has 0 radical (unpaired) electrons. The lowest BCUT2D eigenvalue weighted by Crippen LogP contribution is -2.27. The first kappa shape index (κ1) is 13.4. The smallest absolute Gasteiger partial charge is 0.261 e. The van der Waals surface area contributed by atoms with Crippen molar-refractivity contribution in [1.82, 2.24) is 4.98 Å². The summed E-state index contributed by atoms with van der Waals surface area (Å²) >= 11 is 0. The molecule has 0 spiro atoms. The SMILES string of the molecule is CN(C(=O)c1cccnc1NC1CC1)c1ccc(O)cc1. The van der Waals surface area contributed by atoms with E-state index in [1.165, 1.54) is 0 Å². The molecule has 0 aliphatic heterocycles. The molecule has 21 heavy (non-hydrogen) atoms. The van der Waals surface area contributed by atoms with Crippen LogP contribution in [0.4, 0.5) is 11.5 Å². The predicted molar refractivity (Wildman–Crippen MR) is 81.7 cm³/mol. The van der Waals surface area contributed by atoms with Crippen molar-refractivity contribution in [2.24, 2.45) is 0 Å². The first-order chi connectivity index (χ1) is 10.1. The summed E-state index contributed by atoms with van der Waals surface area (Å²) in [5.74, 6) is 0.685. The maximum Gasteiger partial charge on any atom is 0.261 e. The lowest BCUT2D eigenvalue weighted by atomic mass is 10.2. The van der Waals surface area contributed by atoms with E-state index < -0.39 is 0 Å². The van der Waals surface area contributed by atoms with Gasteiger partial charge in [0.2, 0.25) is 0 Å². The Morgan fingerprint density at radius 2 is 2.00 bits per heavy atom. The number of benzene rings is 1. The Bertz CT molecular complexity index is 651. The molecule has 1 aliphatic carbocycles. The summed E-state index contributed by atoms with van der Waals surface area (Å²) in [5, 5.41) is 12.6. The van der Waals surface area contributed by atoms with Gasteiger partial charge in [-0.05, 0) is 49.2 Å². The molecular weight excluding hydrogens is 266 g/mol. The molecule has 0 saturated heterocycles. The van der Waals surface area contributed by atoms with Crippen LogP contribution in [0.15, 0.2) is 42.6 Å². The number of phenols is 1. The van der Waals surface area contributed by atoms with E-state index >= 15 is 0 Å². The fourth-order valence-electron chi connectivity index (χ4n) is 2.09. The second-order valence-corrected chi connectivity index (χ2v) is 5.20. The van der Waals surface area contributed by atoms with E-state index in [0.717, 1.165) is 18.5 Å². The number of aromatic nitrogens is 1. The Morgan fingerprint density at radius 1 is 1.29 bits per heavy atom. The molecule has 5 heteroatoms. The average molecular weight is 283 g/mol. The van der Waals surface area contributed by atoms with Crippen LogP contribution in [0, 0.1) is 0 Å². The molecule has 1 aliphatic rings. The lowest BCUT2D eigenvalue weighted by Gasteiger charge is -2.19. The van der Waals surface area contributed by atoms with Gasteiger partial charge in [-0.1, -0.05) is 0 Å². The quantitative estimate of drug-likeness (QED) is 0.905. The first-order valence-electron chi connectivity index (χ1n) is 6.94. The van der Waals surface area contributed by atoms with Crippen molar-refractivity contribution >= 4 is 17.4 Å². The minimum absolute atomic E-state index is 0.128. The fraction of sp³-hybridized carbons (Fsp3) is 0.250. The number of hydrogen-bond acceptors (Lipinski definition) is 4. The second-order valence-electron chi connectivity index (χ2n) is 5.20. The maximum absolute atomic E-state index is 12.6. The monoisotopic (exact) mass is 283 g/mol. The summed E-state index contributed by atoms with van der Waals surface area (Å²) in [7, 11) is 1.71. The summed E-state index contributed by atoms with van der Waals surface area (Å²) in [6.07, 6.45) is 3.93. The zero-order valence-corrected chi connectivity index (χ0v) is 11.8. The minimum Gasteiger partial charge on any atom is -0.508 e. The zero-order chi connectivity index (χ0) is 14.8. The topological polar surface area (TPSA) is 65.5 Å². The lowest BCUT2D eigenvalue weighted by molar-refractivity contribution is 0.0993. The normalized spacial score (nSPS) is 13.8. The van der Waals surface area contributed by atoms with Crippen molar-refractivity contribution in [3.05, 3.63) is 48.2 Å². The van der Waals surface area contributed by atoms with Gasteiger partial charge in [-0.2, -0.15) is 0 Å². The van der Waals surface area contributed by atoms with E-state index in [0.29, 0.717) is 17.4 Å². The average Bonchev–Trinajstić information content (AvgIpc) is 3.31. The number of nitrogens with zero attached hydrogens (tertiary/aromatic N) is 2. The Hall–Kier alpha value is -2.56. The molecular formula is C16H17N3O2. The molecule has 2 aromatic rings. The molecule has 1 aromatic heterocycles. The van der Waals surface area contributed by atoms with Gasteiger partial charge in [0.15, 0.2) is 0 Å². The number of nitrogens with one attached hydrogen (secondary N) is 1. The summed E-state index contributed by atoms with van der Waals surface area (Å²) in [6, 6.07) is 10.5. The molecule has 108 valence electrons. The van der Waals surface area contributed by atoms with Gasteiger partial charge in [-0.3, -0.25) is 4.79 Å². The highest BCUT2D eigenvalue weighted by molar-refractivity contribution is 6.08. The number of rotatable bonds is 4. The van der Waals surface area contributed by atoms with Crippen molar-refractivity contribution < 1.29 is 9.90 Å². The van der Waals surface area contributed by atoms with Gasteiger partial charge < -0.3 is 15.3 Å². The Morgan fingerprint density at radius 3 is 2.67 bits per heavy atom. The molecule has 1 amide bonds. The summed E-state index contributed by atoms with van der Waals surface area (Å²) in [5.41, 5.74) is 1.28. The Kier molecular flexibility index (Phi) is 3.48. The van der Waals surface area contributed by atoms with Crippen molar-refractivity contribution in [2.45, 2.75) is 18.9 Å². The number of anilines is 2. The first-order valence-corrected chi connectivity index (χ1v) is 6.94. The van der Waals surface area contributed by atoms with E-state index in [9.17, 15) is 9.90 Å². The van der Waals surface area contributed by atoms with Gasteiger partial charge in [0.25, 0.3) is 5.91 Å². The highest BCUT2D eigenvalue weighted by atomic mass is 16.3. The van der Waals surface area contributed by atoms with Crippen molar-refractivity contribution in [3.8, 4) is 5.75 Å². The van der Waals surface area contributed by atoms with Crippen molar-refractivity contribution in [1.29, 1.82) is 0 Å². The van der Waals surface area contributed by atoms with Crippen LogP contribution >= 0.6 is 0 Å². The van der Waals surface area contributed by atoms with Crippen molar-refractivity contribution in [2.75, 3.05) is 17.3 Å². The molecule has 1 aromatic carbocycles. The third-order valence-electron chi connectivity index (χ3n) is 3.50. The summed E-state index contributed by atoms with van der Waals surface area (Å²) in [4.78, 5) is 18.5. The molecule has 1 fully saturated rings. The van der Waals surface area contributed by atoms with Gasteiger partial charge in [-0.25, -0.2) is 4.98 Å². The van der Waals surface area contributed by atoms with Crippen molar-refractivity contribution in [3.63, 3.8) is 0 Å². The van der Waals surface area contributed by atoms with Crippen LogP contribution in [0.25, 0.3) is 0 Å². The Labute approximate surface area is 123 Å². The highest BCUT2D eigenvalue weighted by Crippen LogP contribution is 2.27. The number of amides is 1. The van der Waals surface area contributed by atoms with Crippen LogP contribution in [-0.4, -0.2) is 29.1 Å². The molecule has 5 nitrogen and oxygen atoms in total. The Balaban J connectivity index is 1.85. The number of carbonyl (C=O) groups excluding carboxylic acids is 1. The van der Waals surface area contributed by atoms with E-state index in [2.05, 4.69) is 10.3 Å². The molecule has 1 heterocycles. The van der Waals surface area contributed by atoms with Gasteiger partial charge in [0.05, 0.1) is 5.56 Å². The molecule has 0 unspecified atom stereocenters.